The number of halogens is 1. The van der Waals surface area contributed by atoms with Crippen LogP contribution in [0, 0.1) is 5.82 Å². The molecule has 0 saturated carbocycles. The summed E-state index contributed by atoms with van der Waals surface area (Å²) in [5.41, 5.74) is 1.91. The summed E-state index contributed by atoms with van der Waals surface area (Å²) in [5, 5.41) is 0. The number of H-pyrrole nitrogens is 1. The van der Waals surface area contributed by atoms with E-state index in [0.29, 0.717) is 22.6 Å². The van der Waals surface area contributed by atoms with Gasteiger partial charge in [0.25, 0.3) is 0 Å². The molecule has 2 heterocycles. The Bertz CT molecular complexity index is 782. The number of pyridine rings is 1. The van der Waals surface area contributed by atoms with Gasteiger partial charge in [0.15, 0.2) is 0 Å². The van der Waals surface area contributed by atoms with E-state index < -0.39 is 5.69 Å². The molecule has 4 nitrogen and oxygen atoms in total. The van der Waals surface area contributed by atoms with Crippen LogP contribution in [0.25, 0.3) is 22.6 Å². The van der Waals surface area contributed by atoms with Crippen molar-refractivity contribution < 1.29 is 4.39 Å². The molecule has 5 heteroatoms. The Hall–Kier alpha value is -2.82. The molecule has 0 saturated heterocycles. The van der Waals surface area contributed by atoms with E-state index >= 15 is 0 Å². The smallest absolute Gasteiger partial charge is 0.304 e. The number of hydrogen-bond donors (Lipinski definition) is 1. The van der Waals surface area contributed by atoms with Crippen LogP contribution in [0.15, 0.2) is 59.5 Å². The Morgan fingerprint density at radius 3 is 2.50 bits per heavy atom. The van der Waals surface area contributed by atoms with Gasteiger partial charge in [-0.3, -0.25) is 4.98 Å². The van der Waals surface area contributed by atoms with E-state index in [9.17, 15) is 9.18 Å². The Labute approximate surface area is 114 Å². The number of hydrogen-bond acceptors (Lipinski definition) is 3. The van der Waals surface area contributed by atoms with Gasteiger partial charge in [-0.25, -0.2) is 9.18 Å². The first kappa shape index (κ1) is 12.2. The average Bonchev–Trinajstić information content (AvgIpc) is 2.48. The zero-order valence-corrected chi connectivity index (χ0v) is 10.4. The molecule has 0 aliphatic rings. The third-order valence-corrected chi connectivity index (χ3v) is 2.83. The topological polar surface area (TPSA) is 58.6 Å². The Kier molecular flexibility index (Phi) is 3.09. The predicted octanol–water partition coefficient (Wildman–Crippen LogP) is 2.64. The van der Waals surface area contributed by atoms with Crippen molar-refractivity contribution in [1.82, 2.24) is 15.0 Å². The molecule has 0 fully saturated rings. The van der Waals surface area contributed by atoms with Crippen LogP contribution in [0.2, 0.25) is 0 Å². The van der Waals surface area contributed by atoms with Crippen molar-refractivity contribution >= 4 is 0 Å². The van der Waals surface area contributed by atoms with Gasteiger partial charge < -0.3 is 4.98 Å². The maximum Gasteiger partial charge on any atom is 0.346 e. The lowest BCUT2D eigenvalue weighted by Crippen LogP contribution is -2.12. The van der Waals surface area contributed by atoms with Crippen LogP contribution in [0.1, 0.15) is 0 Å². The summed E-state index contributed by atoms with van der Waals surface area (Å²) >= 11 is 0. The molecule has 20 heavy (non-hydrogen) atoms. The molecule has 0 unspecified atom stereocenters. The summed E-state index contributed by atoms with van der Waals surface area (Å²) in [6.45, 7) is 0. The van der Waals surface area contributed by atoms with Gasteiger partial charge in [-0.1, -0.05) is 6.07 Å². The van der Waals surface area contributed by atoms with Gasteiger partial charge in [0, 0.05) is 11.8 Å². The number of rotatable bonds is 2. The summed E-state index contributed by atoms with van der Waals surface area (Å²) in [5.74, 6) is -0.330. The second kappa shape index (κ2) is 5.05. The monoisotopic (exact) mass is 267 g/mol. The van der Waals surface area contributed by atoms with Crippen LogP contribution in [-0.2, 0) is 0 Å². The second-order valence-electron chi connectivity index (χ2n) is 4.21. The van der Waals surface area contributed by atoms with Crippen LogP contribution in [0.5, 0.6) is 0 Å². The van der Waals surface area contributed by atoms with Crippen LogP contribution in [0.4, 0.5) is 4.39 Å². The summed E-state index contributed by atoms with van der Waals surface area (Å²) in [6, 6.07) is 13.0. The quantitative estimate of drug-likeness (QED) is 0.776. The van der Waals surface area contributed by atoms with E-state index in [0.717, 1.165) is 0 Å². The maximum absolute atomic E-state index is 12.9. The molecule has 0 amide bonds. The van der Waals surface area contributed by atoms with E-state index in [1.54, 1.807) is 36.5 Å². The first-order valence-electron chi connectivity index (χ1n) is 6.01. The first-order chi connectivity index (χ1) is 9.72. The van der Waals surface area contributed by atoms with Crippen LogP contribution in [-0.4, -0.2) is 15.0 Å². The summed E-state index contributed by atoms with van der Waals surface area (Å²) < 4.78 is 12.9. The highest BCUT2D eigenvalue weighted by molar-refractivity contribution is 5.65. The number of benzene rings is 1. The fraction of sp³-hybridized carbons (Fsp3) is 0. The molecule has 0 atom stereocenters. The maximum atomic E-state index is 12.9. The molecule has 0 bridgehead atoms. The second-order valence-corrected chi connectivity index (χ2v) is 4.21. The van der Waals surface area contributed by atoms with E-state index in [1.165, 1.54) is 12.1 Å². The van der Waals surface area contributed by atoms with E-state index in [2.05, 4.69) is 15.0 Å². The normalized spacial score (nSPS) is 10.4. The van der Waals surface area contributed by atoms with Gasteiger partial charge >= 0.3 is 5.69 Å². The molecule has 3 rings (SSSR count). The SMILES string of the molecule is O=c1nc(-c2ccc(F)cc2)cc(-c2ccccn2)[nH]1. The fourth-order valence-corrected chi connectivity index (χ4v) is 1.89. The van der Waals surface area contributed by atoms with Gasteiger partial charge in [-0.15, -0.1) is 0 Å². The summed E-state index contributed by atoms with van der Waals surface area (Å²) in [4.78, 5) is 22.4. The van der Waals surface area contributed by atoms with Crippen molar-refractivity contribution in [3.05, 3.63) is 71.0 Å². The van der Waals surface area contributed by atoms with Gasteiger partial charge in [0.1, 0.15) is 5.82 Å². The molecule has 3 aromatic rings. The van der Waals surface area contributed by atoms with Crippen molar-refractivity contribution in [3.63, 3.8) is 0 Å². The van der Waals surface area contributed by atoms with Gasteiger partial charge in [0.05, 0.1) is 17.1 Å². The van der Waals surface area contributed by atoms with E-state index in [4.69, 9.17) is 0 Å². The minimum absolute atomic E-state index is 0.330. The average molecular weight is 267 g/mol. The molecule has 0 radical (unpaired) electrons. The zero-order chi connectivity index (χ0) is 13.9. The van der Waals surface area contributed by atoms with Crippen molar-refractivity contribution in [2.24, 2.45) is 0 Å². The van der Waals surface area contributed by atoms with Crippen molar-refractivity contribution in [2.75, 3.05) is 0 Å². The predicted molar refractivity (Wildman–Crippen MR) is 73.5 cm³/mol. The highest BCUT2D eigenvalue weighted by atomic mass is 19.1. The number of nitrogens with one attached hydrogen (secondary N) is 1. The van der Waals surface area contributed by atoms with Gasteiger partial charge in [-0.2, -0.15) is 4.98 Å². The minimum atomic E-state index is -0.465. The lowest BCUT2D eigenvalue weighted by Gasteiger charge is -2.04. The van der Waals surface area contributed by atoms with E-state index in [1.807, 2.05) is 6.07 Å². The van der Waals surface area contributed by atoms with Gasteiger partial charge in [-0.05, 0) is 42.5 Å². The Balaban J connectivity index is 2.12. The van der Waals surface area contributed by atoms with Crippen molar-refractivity contribution in [3.8, 4) is 22.6 Å². The standard InChI is InChI=1S/C15H10FN3O/c16-11-6-4-10(5-7-11)13-9-14(19-15(20)18-13)12-3-1-2-8-17-12/h1-9H,(H,18,19,20). The molecule has 2 aromatic heterocycles. The number of aromatic nitrogens is 3. The fourth-order valence-electron chi connectivity index (χ4n) is 1.89. The lowest BCUT2D eigenvalue weighted by atomic mass is 10.1. The summed E-state index contributed by atoms with van der Waals surface area (Å²) in [7, 11) is 0. The van der Waals surface area contributed by atoms with Crippen LogP contribution >= 0.6 is 0 Å². The zero-order valence-electron chi connectivity index (χ0n) is 10.4. The molecule has 0 aliphatic carbocycles. The molecule has 1 aromatic carbocycles. The van der Waals surface area contributed by atoms with Gasteiger partial charge in [0.2, 0.25) is 0 Å². The van der Waals surface area contributed by atoms with E-state index in [-0.39, 0.29) is 5.82 Å². The first-order valence-corrected chi connectivity index (χ1v) is 6.01. The molecule has 1 N–H and O–H groups in total. The molecular weight excluding hydrogens is 257 g/mol. The van der Waals surface area contributed by atoms with Crippen LogP contribution in [0.3, 0.4) is 0 Å². The highest BCUT2D eigenvalue weighted by Crippen LogP contribution is 2.20. The Morgan fingerprint density at radius 2 is 1.80 bits per heavy atom. The summed E-state index contributed by atoms with van der Waals surface area (Å²) in [6.07, 6.45) is 1.64. The molecule has 98 valence electrons. The minimum Gasteiger partial charge on any atom is -0.304 e. The third kappa shape index (κ3) is 2.47. The highest BCUT2D eigenvalue weighted by Gasteiger charge is 2.06. The molecule has 0 aliphatic heterocycles. The molecule has 0 spiro atoms. The lowest BCUT2D eigenvalue weighted by molar-refractivity contribution is 0.628. The Morgan fingerprint density at radius 1 is 1.00 bits per heavy atom. The third-order valence-electron chi connectivity index (χ3n) is 2.83. The van der Waals surface area contributed by atoms with Crippen molar-refractivity contribution in [2.45, 2.75) is 0 Å². The van der Waals surface area contributed by atoms with Crippen LogP contribution < -0.4 is 5.69 Å². The number of aromatic amines is 1. The van der Waals surface area contributed by atoms with Crippen molar-refractivity contribution in [1.29, 1.82) is 0 Å². The largest absolute Gasteiger partial charge is 0.346 e. The molecular formula is C15H10FN3O. The number of nitrogens with zero attached hydrogens (tertiary/aromatic N) is 2.